The molecule has 2 saturated carbocycles. The molecule has 0 aliphatic heterocycles. The van der Waals surface area contributed by atoms with Crippen LogP contribution in [0.3, 0.4) is 0 Å². The summed E-state index contributed by atoms with van der Waals surface area (Å²) in [5.74, 6) is 0.302. The smallest absolute Gasteiger partial charge is 0.300 e. The van der Waals surface area contributed by atoms with Crippen LogP contribution in [-0.4, -0.2) is 22.9 Å². The Bertz CT molecular complexity index is 623. The Labute approximate surface area is 139 Å². The molecule has 2 unspecified atom stereocenters. The molecule has 0 saturated heterocycles. The van der Waals surface area contributed by atoms with E-state index in [2.05, 4.69) is 5.32 Å². The van der Waals surface area contributed by atoms with Gasteiger partial charge in [0.25, 0.3) is 5.91 Å². The summed E-state index contributed by atoms with van der Waals surface area (Å²) in [5.41, 5.74) is 5.79. The van der Waals surface area contributed by atoms with E-state index < -0.39 is 10.8 Å². The summed E-state index contributed by atoms with van der Waals surface area (Å²) in [5, 5.41) is 14.2. The lowest BCUT2D eigenvalue weighted by atomic mass is 9.67. The van der Waals surface area contributed by atoms with E-state index in [1.807, 2.05) is 0 Å². The summed E-state index contributed by atoms with van der Waals surface area (Å²) in [6.45, 7) is 0. The topological polar surface area (TPSA) is 98.3 Å². The van der Waals surface area contributed by atoms with Gasteiger partial charge in [-0.2, -0.15) is 0 Å². The molecule has 2 aliphatic carbocycles. The Morgan fingerprint density at radius 1 is 1.30 bits per heavy atom. The summed E-state index contributed by atoms with van der Waals surface area (Å²) < 4.78 is 0. The van der Waals surface area contributed by atoms with Crippen LogP contribution in [-0.2, 0) is 0 Å². The van der Waals surface area contributed by atoms with Gasteiger partial charge >= 0.3 is 5.69 Å². The first kappa shape index (κ1) is 16.2. The summed E-state index contributed by atoms with van der Waals surface area (Å²) in [4.78, 5) is 23.2. The molecular formula is C16H20ClN3O3. The highest BCUT2D eigenvalue weighted by molar-refractivity contribution is 6.33. The van der Waals surface area contributed by atoms with Crippen LogP contribution in [0.5, 0.6) is 0 Å². The Kier molecular flexibility index (Phi) is 4.55. The number of nitro benzene ring substituents is 1. The average molecular weight is 338 g/mol. The number of fused-ring (bicyclic) bond motifs is 2. The monoisotopic (exact) mass is 337 g/mol. The van der Waals surface area contributed by atoms with Gasteiger partial charge in [0, 0.05) is 12.1 Å². The number of nitrogens with one attached hydrogen (secondary N) is 1. The largest absolute Gasteiger partial charge is 0.349 e. The summed E-state index contributed by atoms with van der Waals surface area (Å²) in [7, 11) is 0. The molecule has 2 aliphatic rings. The number of carbonyl (C=O) groups excluding carboxylic acids is 1. The fraction of sp³-hybridized carbons (Fsp3) is 0.562. The van der Waals surface area contributed by atoms with Crippen molar-refractivity contribution >= 4 is 23.2 Å². The van der Waals surface area contributed by atoms with Crippen molar-refractivity contribution in [2.45, 2.75) is 44.2 Å². The highest BCUT2D eigenvalue weighted by Crippen LogP contribution is 2.40. The number of amides is 1. The van der Waals surface area contributed by atoms with Crippen molar-refractivity contribution < 1.29 is 9.72 Å². The minimum absolute atomic E-state index is 0.0199. The number of hydrogen-bond acceptors (Lipinski definition) is 4. The van der Waals surface area contributed by atoms with Gasteiger partial charge in [0.2, 0.25) is 0 Å². The summed E-state index contributed by atoms with van der Waals surface area (Å²) >= 11 is 5.89. The second kappa shape index (κ2) is 6.45. The molecule has 1 aromatic rings. The van der Waals surface area contributed by atoms with Crippen LogP contribution in [0.25, 0.3) is 0 Å². The van der Waals surface area contributed by atoms with Gasteiger partial charge in [0.15, 0.2) is 0 Å². The van der Waals surface area contributed by atoms with Gasteiger partial charge in [-0.05, 0) is 49.7 Å². The van der Waals surface area contributed by atoms with Gasteiger partial charge < -0.3 is 11.1 Å². The predicted octanol–water partition coefficient (Wildman–Crippen LogP) is 2.88. The van der Waals surface area contributed by atoms with Crippen molar-refractivity contribution in [3.8, 4) is 0 Å². The molecule has 3 rings (SSSR count). The number of nitrogens with zero attached hydrogens (tertiary/aromatic N) is 1. The van der Waals surface area contributed by atoms with Crippen LogP contribution in [0.15, 0.2) is 18.2 Å². The number of benzene rings is 1. The average Bonchev–Trinajstić information content (AvgIpc) is 2.47. The first-order valence-corrected chi connectivity index (χ1v) is 8.34. The Hall–Kier alpha value is -1.66. The molecule has 0 heterocycles. The fourth-order valence-electron chi connectivity index (χ4n) is 4.14. The predicted molar refractivity (Wildman–Crippen MR) is 87.4 cm³/mol. The molecular weight excluding hydrogens is 318 g/mol. The van der Waals surface area contributed by atoms with E-state index in [0.717, 1.165) is 32.1 Å². The van der Waals surface area contributed by atoms with Crippen LogP contribution in [0.4, 0.5) is 5.69 Å². The quantitative estimate of drug-likeness (QED) is 0.654. The Morgan fingerprint density at radius 2 is 1.96 bits per heavy atom. The Balaban J connectivity index is 1.83. The lowest BCUT2D eigenvalue weighted by Gasteiger charge is -2.45. The molecule has 1 amide bonds. The molecule has 0 aromatic heterocycles. The van der Waals surface area contributed by atoms with Crippen molar-refractivity contribution in [1.29, 1.82) is 0 Å². The summed E-state index contributed by atoms with van der Waals surface area (Å²) in [6.07, 6.45) is 5.06. The van der Waals surface area contributed by atoms with Gasteiger partial charge in [-0.15, -0.1) is 0 Å². The molecule has 124 valence electrons. The lowest BCUT2D eigenvalue weighted by molar-refractivity contribution is -0.385. The third-order valence-corrected chi connectivity index (χ3v) is 5.39. The molecule has 1 aromatic carbocycles. The highest BCUT2D eigenvalue weighted by atomic mass is 35.5. The first-order chi connectivity index (χ1) is 11.0. The minimum Gasteiger partial charge on any atom is -0.349 e. The zero-order valence-corrected chi connectivity index (χ0v) is 13.5. The molecule has 23 heavy (non-hydrogen) atoms. The number of rotatable bonds is 3. The number of halogens is 1. The van der Waals surface area contributed by atoms with Crippen molar-refractivity contribution in [3.05, 3.63) is 38.9 Å². The fourth-order valence-corrected chi connectivity index (χ4v) is 4.38. The van der Waals surface area contributed by atoms with Gasteiger partial charge in [0.05, 0.1) is 4.92 Å². The van der Waals surface area contributed by atoms with Crippen LogP contribution in [0.1, 0.15) is 42.5 Å². The van der Waals surface area contributed by atoms with E-state index in [1.165, 1.54) is 12.1 Å². The number of hydrogen-bond donors (Lipinski definition) is 2. The van der Waals surface area contributed by atoms with Gasteiger partial charge in [-0.25, -0.2) is 0 Å². The number of carbonyl (C=O) groups is 1. The lowest BCUT2D eigenvalue weighted by Crippen LogP contribution is -2.53. The van der Waals surface area contributed by atoms with Crippen molar-refractivity contribution in [2.75, 3.05) is 0 Å². The van der Waals surface area contributed by atoms with Crippen molar-refractivity contribution in [3.63, 3.8) is 0 Å². The molecule has 6 nitrogen and oxygen atoms in total. The van der Waals surface area contributed by atoms with Crippen molar-refractivity contribution in [2.24, 2.45) is 17.6 Å². The Morgan fingerprint density at radius 3 is 2.57 bits per heavy atom. The van der Waals surface area contributed by atoms with Crippen LogP contribution < -0.4 is 11.1 Å². The highest BCUT2D eigenvalue weighted by Gasteiger charge is 2.40. The number of nitrogens with two attached hydrogens (primary N) is 1. The molecule has 7 heteroatoms. The SMILES string of the molecule is NC1CC2CCCC(C1)C2NC(=O)c1cccc(Cl)c1[N+](=O)[O-]. The zero-order chi connectivity index (χ0) is 16.6. The van der Waals surface area contributed by atoms with E-state index in [-0.39, 0.29) is 28.4 Å². The van der Waals surface area contributed by atoms with Crippen LogP contribution >= 0.6 is 11.6 Å². The van der Waals surface area contributed by atoms with Crippen molar-refractivity contribution in [1.82, 2.24) is 5.32 Å². The maximum atomic E-state index is 12.6. The maximum absolute atomic E-state index is 12.6. The normalized spacial score (nSPS) is 29.8. The third-order valence-electron chi connectivity index (χ3n) is 5.09. The molecule has 2 atom stereocenters. The van der Waals surface area contributed by atoms with E-state index >= 15 is 0 Å². The number of nitro groups is 1. The van der Waals surface area contributed by atoms with E-state index in [9.17, 15) is 14.9 Å². The molecule has 2 bridgehead atoms. The zero-order valence-electron chi connectivity index (χ0n) is 12.7. The first-order valence-electron chi connectivity index (χ1n) is 7.96. The van der Waals surface area contributed by atoms with E-state index in [1.54, 1.807) is 6.07 Å². The standard InChI is InChI=1S/C16H20ClN3O3/c17-13-6-2-5-12(15(13)20(22)23)16(21)19-14-9-3-1-4-10(14)8-11(18)7-9/h2,5-6,9-11,14H,1,3-4,7-8,18H2,(H,19,21). The van der Waals surface area contributed by atoms with E-state index in [4.69, 9.17) is 17.3 Å². The van der Waals surface area contributed by atoms with E-state index in [0.29, 0.717) is 11.8 Å². The third kappa shape index (κ3) is 3.19. The van der Waals surface area contributed by atoms with Crippen LogP contribution in [0, 0.1) is 22.0 Å². The molecule has 3 N–H and O–H groups in total. The summed E-state index contributed by atoms with van der Waals surface area (Å²) in [6, 6.07) is 4.67. The second-order valence-corrected chi connectivity index (χ2v) is 6.98. The van der Waals surface area contributed by atoms with Gasteiger partial charge in [0.1, 0.15) is 10.6 Å². The second-order valence-electron chi connectivity index (χ2n) is 6.57. The number of para-hydroxylation sites is 1. The van der Waals surface area contributed by atoms with Gasteiger partial charge in [-0.1, -0.05) is 24.1 Å². The van der Waals surface area contributed by atoms with Crippen LogP contribution in [0.2, 0.25) is 5.02 Å². The minimum atomic E-state index is -0.602. The molecule has 0 radical (unpaired) electrons. The molecule has 2 fully saturated rings. The maximum Gasteiger partial charge on any atom is 0.300 e. The van der Waals surface area contributed by atoms with Gasteiger partial charge in [-0.3, -0.25) is 14.9 Å². The molecule has 0 spiro atoms.